The molecule has 0 bridgehead atoms. The molecule has 0 aliphatic carbocycles. The van der Waals surface area contributed by atoms with Crippen molar-refractivity contribution in [2.45, 2.75) is 46.1 Å². The molecule has 1 aromatic heterocycles. The number of unbranched alkanes of at least 4 members (excludes halogenated alkanes) is 3. The van der Waals surface area contributed by atoms with Gasteiger partial charge < -0.3 is 9.67 Å². The molecule has 1 N–H and O–H groups in total. The Bertz CT molecular complexity index is 833. The predicted molar refractivity (Wildman–Crippen MR) is 97.9 cm³/mol. The number of aromatic hydroxyl groups is 1. The standard InChI is InChI=1S/C21H24FNO/c1-3-4-5-6-13-23-15(2)21(16-7-9-17(22)10-8-16)19-14-18(24)11-12-20(19)23/h7-12,14,24H,3-6,13H2,1-2H3. The van der Waals surface area contributed by atoms with Crippen molar-refractivity contribution in [3.05, 3.63) is 54.0 Å². The Balaban J connectivity index is 2.09. The van der Waals surface area contributed by atoms with Gasteiger partial charge in [0, 0.05) is 28.7 Å². The zero-order chi connectivity index (χ0) is 17.1. The summed E-state index contributed by atoms with van der Waals surface area (Å²) in [6, 6.07) is 12.1. The highest BCUT2D eigenvalue weighted by atomic mass is 19.1. The molecule has 126 valence electrons. The molecule has 0 fully saturated rings. The van der Waals surface area contributed by atoms with E-state index in [1.807, 2.05) is 24.3 Å². The summed E-state index contributed by atoms with van der Waals surface area (Å²) < 4.78 is 15.6. The highest BCUT2D eigenvalue weighted by Gasteiger charge is 2.16. The Kier molecular flexibility index (Phi) is 4.89. The molecular formula is C21H24FNO. The highest BCUT2D eigenvalue weighted by Crippen LogP contribution is 2.36. The summed E-state index contributed by atoms with van der Waals surface area (Å²) in [6.45, 7) is 5.29. The van der Waals surface area contributed by atoms with Crippen LogP contribution in [-0.2, 0) is 6.54 Å². The van der Waals surface area contributed by atoms with Gasteiger partial charge in [0.05, 0.1) is 0 Å². The Morgan fingerprint density at radius 1 is 1.00 bits per heavy atom. The Hall–Kier alpha value is -2.29. The maximum Gasteiger partial charge on any atom is 0.123 e. The van der Waals surface area contributed by atoms with Crippen molar-refractivity contribution in [2.24, 2.45) is 0 Å². The average molecular weight is 325 g/mol. The smallest absolute Gasteiger partial charge is 0.123 e. The van der Waals surface area contributed by atoms with Gasteiger partial charge in [-0.1, -0.05) is 38.3 Å². The molecule has 0 saturated heterocycles. The zero-order valence-electron chi connectivity index (χ0n) is 14.3. The third-order valence-corrected chi connectivity index (χ3v) is 4.68. The number of benzene rings is 2. The van der Waals surface area contributed by atoms with E-state index in [1.165, 1.54) is 37.1 Å². The fourth-order valence-corrected chi connectivity index (χ4v) is 3.44. The van der Waals surface area contributed by atoms with Crippen molar-refractivity contribution in [1.82, 2.24) is 4.57 Å². The maximum atomic E-state index is 13.3. The molecule has 3 rings (SSSR count). The lowest BCUT2D eigenvalue weighted by molar-refractivity contribution is 0.476. The first-order valence-electron chi connectivity index (χ1n) is 8.69. The molecule has 2 nitrogen and oxygen atoms in total. The molecule has 0 spiro atoms. The molecule has 0 saturated carbocycles. The van der Waals surface area contributed by atoms with Crippen LogP contribution in [0.4, 0.5) is 4.39 Å². The van der Waals surface area contributed by atoms with Crippen LogP contribution in [0.1, 0.15) is 38.3 Å². The lowest BCUT2D eigenvalue weighted by Crippen LogP contribution is -2.00. The molecular weight excluding hydrogens is 301 g/mol. The average Bonchev–Trinajstić information content (AvgIpc) is 2.84. The lowest BCUT2D eigenvalue weighted by atomic mass is 10.0. The second-order valence-electron chi connectivity index (χ2n) is 6.38. The lowest BCUT2D eigenvalue weighted by Gasteiger charge is -2.09. The molecule has 0 aliphatic heterocycles. The van der Waals surface area contributed by atoms with Crippen molar-refractivity contribution in [2.75, 3.05) is 0 Å². The van der Waals surface area contributed by atoms with Crippen LogP contribution in [0, 0.1) is 12.7 Å². The van der Waals surface area contributed by atoms with Gasteiger partial charge in [0.2, 0.25) is 0 Å². The number of fused-ring (bicyclic) bond motifs is 1. The van der Waals surface area contributed by atoms with Gasteiger partial charge >= 0.3 is 0 Å². The number of phenolic OH excluding ortho intramolecular Hbond substituents is 1. The minimum Gasteiger partial charge on any atom is -0.508 e. The summed E-state index contributed by atoms with van der Waals surface area (Å²) >= 11 is 0. The summed E-state index contributed by atoms with van der Waals surface area (Å²) in [5.41, 5.74) is 4.35. The summed E-state index contributed by atoms with van der Waals surface area (Å²) in [6.07, 6.45) is 4.84. The van der Waals surface area contributed by atoms with E-state index in [0.717, 1.165) is 35.0 Å². The second-order valence-corrected chi connectivity index (χ2v) is 6.38. The molecule has 0 atom stereocenters. The molecule has 24 heavy (non-hydrogen) atoms. The number of nitrogens with zero attached hydrogens (tertiary/aromatic N) is 1. The van der Waals surface area contributed by atoms with Crippen LogP contribution in [0.25, 0.3) is 22.0 Å². The molecule has 0 aliphatic rings. The van der Waals surface area contributed by atoms with Crippen LogP contribution in [0.15, 0.2) is 42.5 Å². The predicted octanol–water partition coefficient (Wildman–Crippen LogP) is 6.04. The SMILES string of the molecule is CCCCCCn1c(C)c(-c2ccc(F)cc2)c2cc(O)ccc21. The number of phenols is 1. The van der Waals surface area contributed by atoms with Crippen LogP contribution in [0.5, 0.6) is 5.75 Å². The monoisotopic (exact) mass is 325 g/mol. The van der Waals surface area contributed by atoms with Crippen LogP contribution in [0.2, 0.25) is 0 Å². The number of rotatable bonds is 6. The summed E-state index contributed by atoms with van der Waals surface area (Å²) in [7, 11) is 0. The summed E-state index contributed by atoms with van der Waals surface area (Å²) in [5.74, 6) is 0.0246. The fourth-order valence-electron chi connectivity index (χ4n) is 3.44. The number of hydrogen-bond donors (Lipinski definition) is 1. The number of aromatic nitrogens is 1. The Morgan fingerprint density at radius 3 is 2.46 bits per heavy atom. The van der Waals surface area contributed by atoms with Crippen molar-refractivity contribution < 1.29 is 9.50 Å². The molecule has 1 heterocycles. The van der Waals surface area contributed by atoms with Crippen LogP contribution in [0.3, 0.4) is 0 Å². The topological polar surface area (TPSA) is 25.2 Å². The van der Waals surface area contributed by atoms with Gasteiger partial charge in [-0.3, -0.25) is 0 Å². The van der Waals surface area contributed by atoms with E-state index in [2.05, 4.69) is 18.4 Å². The number of aryl methyl sites for hydroxylation is 1. The van der Waals surface area contributed by atoms with Gasteiger partial charge in [-0.25, -0.2) is 4.39 Å². The van der Waals surface area contributed by atoms with E-state index < -0.39 is 0 Å². The van der Waals surface area contributed by atoms with E-state index >= 15 is 0 Å². The van der Waals surface area contributed by atoms with E-state index in [9.17, 15) is 9.50 Å². The summed E-state index contributed by atoms with van der Waals surface area (Å²) in [4.78, 5) is 0. The second kappa shape index (κ2) is 7.08. The van der Waals surface area contributed by atoms with Crippen molar-refractivity contribution >= 4 is 10.9 Å². The van der Waals surface area contributed by atoms with Gasteiger partial charge in [-0.2, -0.15) is 0 Å². The van der Waals surface area contributed by atoms with E-state index in [0.29, 0.717) is 0 Å². The first-order chi connectivity index (χ1) is 11.6. The van der Waals surface area contributed by atoms with Gasteiger partial charge in [-0.05, 0) is 49.2 Å². The molecule has 0 amide bonds. The minimum absolute atomic E-state index is 0.234. The molecule has 2 aromatic carbocycles. The van der Waals surface area contributed by atoms with Gasteiger partial charge in [-0.15, -0.1) is 0 Å². The maximum absolute atomic E-state index is 13.3. The molecule has 0 radical (unpaired) electrons. The van der Waals surface area contributed by atoms with Gasteiger partial charge in [0.25, 0.3) is 0 Å². The first-order valence-corrected chi connectivity index (χ1v) is 8.69. The van der Waals surface area contributed by atoms with Crippen LogP contribution >= 0.6 is 0 Å². The zero-order valence-corrected chi connectivity index (χ0v) is 14.3. The third-order valence-electron chi connectivity index (χ3n) is 4.68. The third kappa shape index (κ3) is 3.16. The van der Waals surface area contributed by atoms with Gasteiger partial charge in [0.15, 0.2) is 0 Å². The van der Waals surface area contributed by atoms with Crippen molar-refractivity contribution in [3.63, 3.8) is 0 Å². The highest BCUT2D eigenvalue weighted by molar-refractivity contribution is 5.98. The Morgan fingerprint density at radius 2 is 1.75 bits per heavy atom. The van der Waals surface area contributed by atoms with E-state index in [4.69, 9.17) is 0 Å². The number of halogens is 1. The largest absolute Gasteiger partial charge is 0.508 e. The van der Waals surface area contributed by atoms with E-state index in [-0.39, 0.29) is 11.6 Å². The molecule has 3 heteroatoms. The molecule has 3 aromatic rings. The molecule has 0 unspecified atom stereocenters. The first kappa shape index (κ1) is 16.6. The minimum atomic E-state index is -0.234. The van der Waals surface area contributed by atoms with Crippen molar-refractivity contribution in [1.29, 1.82) is 0 Å². The van der Waals surface area contributed by atoms with Crippen LogP contribution in [-0.4, -0.2) is 9.67 Å². The van der Waals surface area contributed by atoms with Gasteiger partial charge in [0.1, 0.15) is 11.6 Å². The van der Waals surface area contributed by atoms with Crippen molar-refractivity contribution in [3.8, 4) is 16.9 Å². The van der Waals surface area contributed by atoms with E-state index in [1.54, 1.807) is 6.07 Å². The van der Waals surface area contributed by atoms with Crippen LogP contribution < -0.4 is 0 Å². The Labute approximate surface area is 142 Å². The quantitative estimate of drug-likeness (QED) is 0.549. The summed E-state index contributed by atoms with van der Waals surface area (Å²) in [5, 5.41) is 10.9. The number of hydrogen-bond acceptors (Lipinski definition) is 1. The normalized spacial score (nSPS) is 11.3. The fraction of sp³-hybridized carbons (Fsp3) is 0.333.